The third-order valence-electron chi connectivity index (χ3n) is 2.05. The van der Waals surface area contributed by atoms with Crippen molar-refractivity contribution in [1.82, 2.24) is 4.98 Å². The number of carboxylic acids is 1. The number of para-hydroxylation sites is 1. The van der Waals surface area contributed by atoms with Crippen molar-refractivity contribution in [2.24, 2.45) is 0 Å². The van der Waals surface area contributed by atoms with Crippen LogP contribution in [-0.2, 0) is 11.2 Å². The van der Waals surface area contributed by atoms with Gasteiger partial charge in [-0.3, -0.25) is 4.79 Å². The Morgan fingerprint density at radius 2 is 2.29 bits per heavy atom. The number of hydrogen-bond donors (Lipinski definition) is 2. The van der Waals surface area contributed by atoms with Crippen LogP contribution in [0.25, 0.3) is 10.9 Å². The second kappa shape index (κ2) is 3.46. The maximum absolute atomic E-state index is 10.6. The third kappa shape index (κ3) is 1.65. The van der Waals surface area contributed by atoms with E-state index in [9.17, 15) is 4.79 Å². The molecule has 1 aromatic carbocycles. The number of hydrogen-bond acceptors (Lipinski definition) is 1. The number of carbonyl (C=O) groups is 1. The number of H-pyrrole nitrogens is 1. The first-order chi connectivity index (χ1) is 6.66. The van der Waals surface area contributed by atoms with Crippen molar-refractivity contribution < 1.29 is 9.90 Å². The molecule has 2 aromatic rings. The number of rotatable bonds is 2. The molecule has 4 heteroatoms. The van der Waals surface area contributed by atoms with E-state index in [0.29, 0.717) is 0 Å². The van der Waals surface area contributed by atoms with Crippen molar-refractivity contribution in [3.63, 3.8) is 0 Å². The van der Waals surface area contributed by atoms with Gasteiger partial charge in [0.2, 0.25) is 0 Å². The van der Waals surface area contributed by atoms with Crippen LogP contribution in [0, 0.1) is 0 Å². The van der Waals surface area contributed by atoms with Gasteiger partial charge >= 0.3 is 5.97 Å². The maximum atomic E-state index is 10.6. The molecule has 72 valence electrons. The van der Waals surface area contributed by atoms with Crippen molar-refractivity contribution in [2.75, 3.05) is 0 Å². The summed E-state index contributed by atoms with van der Waals surface area (Å²) in [5.41, 5.74) is 1.70. The zero-order valence-corrected chi connectivity index (χ0v) is 8.84. The first-order valence-electron chi connectivity index (χ1n) is 4.15. The molecule has 1 heterocycles. The molecular formula is C10H8BrNO2. The summed E-state index contributed by atoms with van der Waals surface area (Å²) in [6.45, 7) is 0. The fraction of sp³-hybridized carbons (Fsp3) is 0.100. The van der Waals surface area contributed by atoms with Gasteiger partial charge in [-0.15, -0.1) is 0 Å². The lowest BCUT2D eigenvalue weighted by Gasteiger charge is -1.98. The molecule has 0 saturated carbocycles. The summed E-state index contributed by atoms with van der Waals surface area (Å²) >= 11 is 3.32. The quantitative estimate of drug-likeness (QED) is 0.865. The lowest BCUT2D eigenvalue weighted by Crippen LogP contribution is -2.00. The second-order valence-electron chi connectivity index (χ2n) is 3.07. The Labute approximate surface area is 88.9 Å². The van der Waals surface area contributed by atoms with E-state index in [1.54, 1.807) is 0 Å². The van der Waals surface area contributed by atoms with Crippen LogP contribution in [-0.4, -0.2) is 16.1 Å². The molecule has 2 N–H and O–H groups in total. The van der Waals surface area contributed by atoms with E-state index < -0.39 is 5.97 Å². The normalized spacial score (nSPS) is 10.6. The minimum Gasteiger partial charge on any atom is -0.481 e. The largest absolute Gasteiger partial charge is 0.481 e. The molecule has 0 fully saturated rings. The van der Waals surface area contributed by atoms with Gasteiger partial charge in [-0.05, 0) is 27.6 Å². The Morgan fingerprint density at radius 1 is 1.50 bits per heavy atom. The van der Waals surface area contributed by atoms with Gasteiger partial charge in [0.25, 0.3) is 0 Å². The molecule has 0 amide bonds. The van der Waals surface area contributed by atoms with Gasteiger partial charge in [0.15, 0.2) is 0 Å². The predicted octanol–water partition coefficient (Wildman–Crippen LogP) is 2.56. The van der Waals surface area contributed by atoms with Gasteiger partial charge in [-0.25, -0.2) is 0 Å². The van der Waals surface area contributed by atoms with Crippen molar-refractivity contribution in [3.8, 4) is 0 Å². The first kappa shape index (κ1) is 9.27. The number of carboxylic acid groups (broad SMARTS) is 1. The Kier molecular flexibility index (Phi) is 2.29. The molecule has 0 aliphatic rings. The number of aliphatic carboxylic acids is 1. The number of fused-ring (bicyclic) bond motifs is 1. The Hall–Kier alpha value is -1.29. The van der Waals surface area contributed by atoms with E-state index in [1.807, 2.05) is 24.3 Å². The van der Waals surface area contributed by atoms with Gasteiger partial charge in [-0.2, -0.15) is 0 Å². The minimum atomic E-state index is -0.816. The van der Waals surface area contributed by atoms with Crippen LogP contribution in [0.2, 0.25) is 0 Å². The number of benzene rings is 1. The van der Waals surface area contributed by atoms with Crippen LogP contribution in [0.5, 0.6) is 0 Å². The minimum absolute atomic E-state index is 0.0459. The smallest absolute Gasteiger partial charge is 0.307 e. The number of nitrogens with one attached hydrogen (secondary N) is 1. The van der Waals surface area contributed by atoms with Crippen LogP contribution in [0.15, 0.2) is 28.9 Å². The maximum Gasteiger partial charge on any atom is 0.307 e. The SMILES string of the molecule is O=C(O)Cc1cccc2cc(Br)[nH]c12. The standard InChI is InChI=1S/C10H8BrNO2/c11-8-4-6-2-1-3-7(5-9(13)14)10(6)12-8/h1-4,12H,5H2,(H,13,14). The highest BCUT2D eigenvalue weighted by molar-refractivity contribution is 9.10. The highest BCUT2D eigenvalue weighted by Crippen LogP contribution is 2.22. The third-order valence-corrected chi connectivity index (χ3v) is 2.48. The van der Waals surface area contributed by atoms with Gasteiger partial charge in [0.1, 0.15) is 0 Å². The summed E-state index contributed by atoms with van der Waals surface area (Å²) in [7, 11) is 0. The van der Waals surface area contributed by atoms with E-state index >= 15 is 0 Å². The molecule has 0 aliphatic carbocycles. The first-order valence-corrected chi connectivity index (χ1v) is 4.94. The Balaban J connectivity index is 2.58. The average molecular weight is 254 g/mol. The molecule has 3 nitrogen and oxygen atoms in total. The average Bonchev–Trinajstić information content (AvgIpc) is 2.45. The van der Waals surface area contributed by atoms with Gasteiger partial charge in [0, 0.05) is 5.39 Å². The van der Waals surface area contributed by atoms with Gasteiger partial charge in [-0.1, -0.05) is 18.2 Å². The molecule has 0 radical (unpaired) electrons. The predicted molar refractivity (Wildman–Crippen MR) is 57.3 cm³/mol. The molecule has 0 aliphatic heterocycles. The van der Waals surface area contributed by atoms with E-state index in [0.717, 1.165) is 21.1 Å². The lowest BCUT2D eigenvalue weighted by molar-refractivity contribution is -0.136. The highest BCUT2D eigenvalue weighted by Gasteiger charge is 2.06. The summed E-state index contributed by atoms with van der Waals surface area (Å²) in [6.07, 6.45) is 0.0459. The van der Waals surface area contributed by atoms with Crippen LogP contribution < -0.4 is 0 Å². The van der Waals surface area contributed by atoms with Crippen LogP contribution in [0.4, 0.5) is 0 Å². The highest BCUT2D eigenvalue weighted by atomic mass is 79.9. The van der Waals surface area contributed by atoms with Crippen LogP contribution in [0.1, 0.15) is 5.56 Å². The fourth-order valence-corrected chi connectivity index (χ4v) is 1.94. The van der Waals surface area contributed by atoms with Crippen molar-refractivity contribution in [1.29, 1.82) is 0 Å². The second-order valence-corrected chi connectivity index (χ2v) is 3.92. The summed E-state index contributed by atoms with van der Waals surface area (Å²) in [5, 5.41) is 9.73. The fourth-order valence-electron chi connectivity index (χ4n) is 1.49. The molecule has 0 unspecified atom stereocenters. The molecule has 1 aromatic heterocycles. The van der Waals surface area contributed by atoms with Crippen molar-refractivity contribution in [3.05, 3.63) is 34.4 Å². The van der Waals surface area contributed by atoms with E-state index in [-0.39, 0.29) is 6.42 Å². The Morgan fingerprint density at radius 3 is 3.00 bits per heavy atom. The molecule has 0 spiro atoms. The van der Waals surface area contributed by atoms with Crippen molar-refractivity contribution >= 4 is 32.8 Å². The molecule has 14 heavy (non-hydrogen) atoms. The van der Waals surface area contributed by atoms with Gasteiger partial charge < -0.3 is 10.1 Å². The number of halogens is 1. The van der Waals surface area contributed by atoms with Gasteiger partial charge in [0.05, 0.1) is 16.5 Å². The summed E-state index contributed by atoms with van der Waals surface area (Å²) in [5.74, 6) is -0.816. The van der Waals surface area contributed by atoms with E-state index in [1.165, 1.54) is 0 Å². The Bertz CT molecular complexity index is 490. The molecule has 0 saturated heterocycles. The van der Waals surface area contributed by atoms with Crippen molar-refractivity contribution in [2.45, 2.75) is 6.42 Å². The van der Waals surface area contributed by atoms with E-state index in [2.05, 4.69) is 20.9 Å². The zero-order chi connectivity index (χ0) is 10.1. The topological polar surface area (TPSA) is 53.1 Å². The molecule has 2 rings (SSSR count). The van der Waals surface area contributed by atoms with E-state index in [4.69, 9.17) is 5.11 Å². The molecular weight excluding hydrogens is 246 g/mol. The number of aromatic amines is 1. The summed E-state index contributed by atoms with van der Waals surface area (Å²) in [6, 6.07) is 7.56. The summed E-state index contributed by atoms with van der Waals surface area (Å²) < 4.78 is 0.866. The monoisotopic (exact) mass is 253 g/mol. The molecule has 0 atom stereocenters. The summed E-state index contributed by atoms with van der Waals surface area (Å²) in [4.78, 5) is 13.7. The molecule has 0 bridgehead atoms. The lowest BCUT2D eigenvalue weighted by atomic mass is 10.1. The number of aromatic nitrogens is 1. The van der Waals surface area contributed by atoms with Crippen LogP contribution in [0.3, 0.4) is 0 Å². The van der Waals surface area contributed by atoms with Crippen LogP contribution >= 0.6 is 15.9 Å². The zero-order valence-electron chi connectivity index (χ0n) is 7.25.